The molecule has 3 heterocycles. The van der Waals surface area contributed by atoms with E-state index in [-0.39, 0.29) is 21.8 Å². The maximum absolute atomic E-state index is 13.3. The summed E-state index contributed by atoms with van der Waals surface area (Å²) in [7, 11) is 0. The smallest absolute Gasteiger partial charge is 0.322 e. The van der Waals surface area contributed by atoms with Crippen molar-refractivity contribution in [1.82, 2.24) is 14.4 Å². The van der Waals surface area contributed by atoms with Gasteiger partial charge in [-0.25, -0.2) is 9.78 Å². The summed E-state index contributed by atoms with van der Waals surface area (Å²) < 4.78 is 40.8. The van der Waals surface area contributed by atoms with E-state index in [1.54, 1.807) is 0 Å². The number of nitrogens with zero attached hydrogens (tertiary/aromatic N) is 3. The number of imide groups is 1. The van der Waals surface area contributed by atoms with Gasteiger partial charge in [-0.15, -0.1) is 0 Å². The molecule has 7 nitrogen and oxygen atoms in total. The Bertz CT molecular complexity index is 1090. The Morgan fingerprint density at radius 1 is 0.963 bits per heavy atom. The van der Waals surface area contributed by atoms with Crippen LogP contribution in [0.25, 0.3) is 5.65 Å². The second kappa shape index (κ2) is 5.66. The molecule has 10 heteroatoms. The highest BCUT2D eigenvalue weighted by atomic mass is 19.4. The molecule has 0 spiro atoms. The Hall–Kier alpha value is -3.69. The van der Waals surface area contributed by atoms with E-state index in [2.05, 4.69) is 4.98 Å². The number of fused-ring (bicyclic) bond motifs is 2. The maximum Gasteiger partial charge on any atom is 0.435 e. The summed E-state index contributed by atoms with van der Waals surface area (Å²) in [6.07, 6.45) is -3.75. The Balaban J connectivity index is 1.75. The molecule has 0 N–H and O–H groups in total. The topological polar surface area (TPSA) is 81.0 Å². The normalized spacial score (nSPS) is 14.0. The van der Waals surface area contributed by atoms with Gasteiger partial charge in [0.05, 0.1) is 11.1 Å². The lowest BCUT2D eigenvalue weighted by Crippen LogP contribution is -2.33. The first-order valence-electron chi connectivity index (χ1n) is 7.53. The van der Waals surface area contributed by atoms with Gasteiger partial charge in [-0.1, -0.05) is 23.3 Å². The Morgan fingerprint density at radius 2 is 1.56 bits per heavy atom. The number of amides is 2. The van der Waals surface area contributed by atoms with Crippen LogP contribution in [0.3, 0.4) is 0 Å². The van der Waals surface area contributed by atoms with E-state index < -0.39 is 35.3 Å². The number of alkyl halides is 3. The summed E-state index contributed by atoms with van der Waals surface area (Å²) in [4.78, 5) is 45.1. The molecule has 0 bridgehead atoms. The van der Waals surface area contributed by atoms with E-state index in [9.17, 15) is 27.6 Å². The highest BCUT2D eigenvalue weighted by Gasteiger charge is 2.44. The number of imidazole rings is 1. The number of pyridine rings is 1. The minimum atomic E-state index is -4.94. The fourth-order valence-corrected chi connectivity index (χ4v) is 2.76. The van der Waals surface area contributed by atoms with Crippen LogP contribution in [0.15, 0.2) is 48.7 Å². The Kier molecular flexibility index (Phi) is 3.51. The van der Waals surface area contributed by atoms with Gasteiger partial charge in [0.25, 0.3) is 11.8 Å². The number of carbonyl (C=O) groups is 3. The van der Waals surface area contributed by atoms with Crippen molar-refractivity contribution in [1.29, 1.82) is 0 Å². The van der Waals surface area contributed by atoms with Crippen molar-refractivity contribution in [3.63, 3.8) is 0 Å². The first kappa shape index (κ1) is 16.8. The summed E-state index contributed by atoms with van der Waals surface area (Å²) in [5.74, 6) is -3.41. The van der Waals surface area contributed by atoms with Crippen molar-refractivity contribution in [3.8, 4) is 0 Å². The summed E-state index contributed by atoms with van der Waals surface area (Å²) in [5, 5.41) is 0.148. The third-order valence-electron chi connectivity index (χ3n) is 3.92. The zero-order chi connectivity index (χ0) is 19.3. The molecular weight excluding hydrogens is 367 g/mol. The highest BCUT2D eigenvalue weighted by Crippen LogP contribution is 2.33. The van der Waals surface area contributed by atoms with Gasteiger partial charge in [-0.3, -0.25) is 14.0 Å². The van der Waals surface area contributed by atoms with E-state index in [0.717, 1.165) is 4.40 Å². The molecule has 0 radical (unpaired) electrons. The number of hydroxylamine groups is 2. The zero-order valence-electron chi connectivity index (χ0n) is 13.2. The molecule has 3 aromatic rings. The average Bonchev–Trinajstić information content (AvgIpc) is 3.14. The molecule has 2 aromatic heterocycles. The van der Waals surface area contributed by atoms with Gasteiger partial charge in [-0.05, 0) is 24.3 Å². The molecular formula is C17H8F3N3O4. The molecule has 4 rings (SSSR count). The van der Waals surface area contributed by atoms with Crippen LogP contribution in [-0.2, 0) is 11.0 Å². The maximum atomic E-state index is 13.3. The lowest BCUT2D eigenvalue weighted by atomic mass is 10.1. The van der Waals surface area contributed by atoms with Gasteiger partial charge in [0.15, 0.2) is 11.4 Å². The second-order valence-electron chi connectivity index (χ2n) is 5.56. The molecule has 0 unspecified atom stereocenters. The molecule has 1 aliphatic heterocycles. The molecule has 0 fully saturated rings. The Morgan fingerprint density at radius 3 is 2.15 bits per heavy atom. The number of carbonyl (C=O) groups excluding carboxylic acids is 3. The first-order valence-corrected chi connectivity index (χ1v) is 7.53. The zero-order valence-corrected chi connectivity index (χ0v) is 13.2. The van der Waals surface area contributed by atoms with Crippen LogP contribution in [0, 0.1) is 0 Å². The molecule has 0 saturated carbocycles. The molecule has 136 valence electrons. The molecule has 2 amide bonds. The lowest BCUT2D eigenvalue weighted by molar-refractivity contribution is -0.141. The van der Waals surface area contributed by atoms with Crippen LogP contribution in [-0.4, -0.2) is 32.2 Å². The van der Waals surface area contributed by atoms with Crippen LogP contribution in [0.5, 0.6) is 0 Å². The summed E-state index contributed by atoms with van der Waals surface area (Å²) in [6, 6.07) is 9.81. The van der Waals surface area contributed by atoms with E-state index in [0.29, 0.717) is 0 Å². The van der Waals surface area contributed by atoms with Gasteiger partial charge in [-0.2, -0.15) is 13.2 Å². The molecule has 1 aliphatic rings. The number of aromatic nitrogens is 2. The largest absolute Gasteiger partial charge is 0.435 e. The fourth-order valence-electron chi connectivity index (χ4n) is 2.76. The van der Waals surface area contributed by atoms with Gasteiger partial charge in [0.1, 0.15) is 5.65 Å². The predicted octanol–water partition coefficient (Wildman–Crippen LogP) is 2.72. The number of benzene rings is 1. The van der Waals surface area contributed by atoms with Crippen molar-refractivity contribution < 1.29 is 32.4 Å². The van der Waals surface area contributed by atoms with E-state index in [1.807, 2.05) is 0 Å². The van der Waals surface area contributed by atoms with E-state index in [1.165, 1.54) is 48.7 Å². The summed E-state index contributed by atoms with van der Waals surface area (Å²) >= 11 is 0. The molecule has 27 heavy (non-hydrogen) atoms. The van der Waals surface area contributed by atoms with Crippen LogP contribution in [0.1, 0.15) is 36.9 Å². The monoisotopic (exact) mass is 375 g/mol. The molecule has 0 aliphatic carbocycles. The van der Waals surface area contributed by atoms with Crippen molar-refractivity contribution in [3.05, 3.63) is 71.2 Å². The van der Waals surface area contributed by atoms with Crippen molar-refractivity contribution >= 4 is 23.4 Å². The first-order chi connectivity index (χ1) is 12.8. The van der Waals surface area contributed by atoms with Gasteiger partial charge in [0.2, 0.25) is 0 Å². The molecule has 1 aromatic carbocycles. The quantitative estimate of drug-likeness (QED) is 0.644. The van der Waals surface area contributed by atoms with Crippen LogP contribution in [0.4, 0.5) is 13.2 Å². The molecule has 0 saturated heterocycles. The van der Waals surface area contributed by atoms with E-state index in [4.69, 9.17) is 4.84 Å². The third kappa shape index (κ3) is 2.53. The van der Waals surface area contributed by atoms with Gasteiger partial charge in [0, 0.05) is 6.20 Å². The van der Waals surface area contributed by atoms with Crippen molar-refractivity contribution in [2.45, 2.75) is 6.18 Å². The van der Waals surface area contributed by atoms with Gasteiger partial charge >= 0.3 is 12.1 Å². The number of hydrogen-bond donors (Lipinski definition) is 0. The van der Waals surface area contributed by atoms with Crippen molar-refractivity contribution in [2.24, 2.45) is 0 Å². The average molecular weight is 375 g/mol. The fraction of sp³-hybridized carbons (Fsp3) is 0.0588. The minimum Gasteiger partial charge on any atom is -0.322 e. The SMILES string of the molecule is O=C(ON1C(=O)c2ccccc2C1=O)c1c(C(F)(F)F)nc2ccccn12. The van der Waals surface area contributed by atoms with Crippen LogP contribution >= 0.6 is 0 Å². The lowest BCUT2D eigenvalue weighted by Gasteiger charge is -2.13. The second-order valence-corrected chi connectivity index (χ2v) is 5.56. The van der Waals surface area contributed by atoms with E-state index >= 15 is 0 Å². The van der Waals surface area contributed by atoms with Crippen LogP contribution < -0.4 is 0 Å². The molecule has 0 atom stereocenters. The minimum absolute atomic E-state index is 0.00973. The van der Waals surface area contributed by atoms with Crippen molar-refractivity contribution in [2.75, 3.05) is 0 Å². The van der Waals surface area contributed by atoms with Gasteiger partial charge < -0.3 is 4.84 Å². The standard InChI is InChI=1S/C17H8F3N3O4/c18-17(19,20)13-12(22-8-4-3-7-11(22)21-13)16(26)27-23-14(24)9-5-1-2-6-10(9)15(23)25/h1-8H. The Labute approximate surface area is 148 Å². The predicted molar refractivity (Wildman–Crippen MR) is 82.6 cm³/mol. The number of rotatable bonds is 2. The summed E-state index contributed by atoms with van der Waals surface area (Å²) in [5.41, 5.74) is -2.57. The number of halogens is 3. The third-order valence-corrected chi connectivity index (χ3v) is 3.92. The highest BCUT2D eigenvalue weighted by molar-refractivity contribution is 6.21. The summed E-state index contributed by atoms with van der Waals surface area (Å²) in [6.45, 7) is 0. The number of hydrogen-bond acceptors (Lipinski definition) is 5. The van der Waals surface area contributed by atoms with Crippen LogP contribution in [0.2, 0.25) is 0 Å².